The van der Waals surface area contributed by atoms with Crippen LogP contribution in [0.25, 0.3) is 11.2 Å². The van der Waals surface area contributed by atoms with Crippen molar-refractivity contribution in [3.8, 4) is 5.88 Å². The Bertz CT molecular complexity index is 545. The van der Waals surface area contributed by atoms with Gasteiger partial charge in [0.1, 0.15) is 5.82 Å². The Balaban J connectivity index is 1.76. The predicted octanol–water partition coefficient (Wildman–Crippen LogP) is 1.90. The van der Waals surface area contributed by atoms with Crippen LogP contribution in [0.4, 0.5) is 0 Å². The molecule has 5 nitrogen and oxygen atoms in total. The molecule has 0 bridgehead atoms. The fraction of sp³-hybridized carbons (Fsp3) is 0.571. The van der Waals surface area contributed by atoms with Crippen molar-refractivity contribution >= 4 is 11.2 Å². The topological polar surface area (TPSA) is 62.8 Å². The number of pyridine rings is 1. The molecule has 2 aromatic heterocycles. The summed E-state index contributed by atoms with van der Waals surface area (Å²) in [5.41, 5.74) is 1.75. The Morgan fingerprint density at radius 2 is 2.11 bits per heavy atom. The van der Waals surface area contributed by atoms with E-state index in [1.54, 1.807) is 0 Å². The molecular formula is C14H20N4O. The smallest absolute Gasteiger partial charge is 0.215 e. The second kappa shape index (κ2) is 5.57. The summed E-state index contributed by atoms with van der Waals surface area (Å²) in [5, 5.41) is 3.39. The predicted molar refractivity (Wildman–Crippen MR) is 74.4 cm³/mol. The molecule has 0 amide bonds. The third-order valence-electron chi connectivity index (χ3n) is 3.60. The molecule has 2 aromatic rings. The zero-order valence-corrected chi connectivity index (χ0v) is 11.3. The number of ether oxygens (including phenoxy) is 1. The number of imidazole rings is 1. The van der Waals surface area contributed by atoms with Crippen molar-refractivity contribution in [1.82, 2.24) is 20.3 Å². The average Bonchev–Trinajstić information content (AvgIpc) is 2.82. The fourth-order valence-electron chi connectivity index (χ4n) is 2.61. The zero-order valence-electron chi connectivity index (χ0n) is 11.3. The van der Waals surface area contributed by atoms with E-state index in [0.717, 1.165) is 42.4 Å². The monoisotopic (exact) mass is 260 g/mol. The van der Waals surface area contributed by atoms with Gasteiger partial charge in [0.25, 0.3) is 0 Å². The van der Waals surface area contributed by atoms with Crippen LogP contribution in [0, 0.1) is 5.92 Å². The van der Waals surface area contributed by atoms with Crippen molar-refractivity contribution in [3.05, 3.63) is 18.0 Å². The van der Waals surface area contributed by atoms with E-state index in [2.05, 4.69) is 20.3 Å². The van der Waals surface area contributed by atoms with Crippen molar-refractivity contribution in [2.75, 3.05) is 19.7 Å². The molecule has 3 rings (SSSR count). The standard InChI is InChI=1S/C14H20N4O/c1-2-19-13-4-3-11-14(18-13)17-12(16-11)9-10-5-7-15-8-6-10/h3-4,10,15H,2,5-9H2,1H3,(H,16,17,18). The molecule has 102 valence electrons. The molecule has 0 aliphatic carbocycles. The van der Waals surface area contributed by atoms with E-state index < -0.39 is 0 Å². The lowest BCUT2D eigenvalue weighted by molar-refractivity contribution is 0.328. The van der Waals surface area contributed by atoms with Crippen LogP contribution < -0.4 is 10.1 Å². The highest BCUT2D eigenvalue weighted by atomic mass is 16.5. The van der Waals surface area contributed by atoms with Gasteiger partial charge in [-0.15, -0.1) is 0 Å². The second-order valence-corrected chi connectivity index (χ2v) is 5.03. The summed E-state index contributed by atoms with van der Waals surface area (Å²) < 4.78 is 5.40. The van der Waals surface area contributed by atoms with E-state index in [-0.39, 0.29) is 0 Å². The SMILES string of the molecule is CCOc1ccc2[nH]c(CC3CCNCC3)nc2n1. The van der Waals surface area contributed by atoms with Crippen LogP contribution in [-0.4, -0.2) is 34.6 Å². The lowest BCUT2D eigenvalue weighted by Gasteiger charge is -2.21. The molecule has 19 heavy (non-hydrogen) atoms. The van der Waals surface area contributed by atoms with Gasteiger partial charge in [0.2, 0.25) is 5.88 Å². The summed E-state index contributed by atoms with van der Waals surface area (Å²) in [4.78, 5) is 12.3. The van der Waals surface area contributed by atoms with Gasteiger partial charge >= 0.3 is 0 Å². The molecule has 5 heteroatoms. The van der Waals surface area contributed by atoms with E-state index in [1.165, 1.54) is 12.8 Å². The van der Waals surface area contributed by atoms with E-state index >= 15 is 0 Å². The summed E-state index contributed by atoms with van der Waals surface area (Å²) >= 11 is 0. The minimum atomic E-state index is 0.630. The summed E-state index contributed by atoms with van der Waals surface area (Å²) in [6, 6.07) is 3.88. The van der Waals surface area contributed by atoms with Gasteiger partial charge in [-0.05, 0) is 44.8 Å². The largest absolute Gasteiger partial charge is 0.478 e. The number of piperidine rings is 1. The Morgan fingerprint density at radius 1 is 1.26 bits per heavy atom. The molecule has 0 radical (unpaired) electrons. The number of nitrogens with zero attached hydrogens (tertiary/aromatic N) is 2. The number of hydrogen-bond acceptors (Lipinski definition) is 4. The first kappa shape index (κ1) is 12.4. The molecule has 2 N–H and O–H groups in total. The number of rotatable bonds is 4. The normalized spacial score (nSPS) is 16.9. The van der Waals surface area contributed by atoms with Crippen molar-refractivity contribution in [3.63, 3.8) is 0 Å². The Kier molecular flexibility index (Phi) is 3.64. The lowest BCUT2D eigenvalue weighted by atomic mass is 9.94. The van der Waals surface area contributed by atoms with Crippen LogP contribution in [-0.2, 0) is 6.42 Å². The first-order chi connectivity index (χ1) is 9.35. The lowest BCUT2D eigenvalue weighted by Crippen LogP contribution is -2.28. The van der Waals surface area contributed by atoms with E-state index in [4.69, 9.17) is 4.74 Å². The van der Waals surface area contributed by atoms with Gasteiger partial charge in [-0.25, -0.2) is 4.98 Å². The van der Waals surface area contributed by atoms with Crippen LogP contribution >= 0.6 is 0 Å². The third kappa shape index (κ3) is 2.87. The van der Waals surface area contributed by atoms with Crippen LogP contribution in [0.15, 0.2) is 12.1 Å². The molecule has 1 aliphatic rings. The van der Waals surface area contributed by atoms with Crippen LogP contribution in [0.3, 0.4) is 0 Å². The van der Waals surface area contributed by atoms with Crippen LogP contribution in [0.2, 0.25) is 0 Å². The number of nitrogens with one attached hydrogen (secondary N) is 2. The molecule has 1 saturated heterocycles. The van der Waals surface area contributed by atoms with E-state index in [1.807, 2.05) is 19.1 Å². The van der Waals surface area contributed by atoms with Crippen molar-refractivity contribution in [2.45, 2.75) is 26.2 Å². The number of aromatic amines is 1. The first-order valence-electron chi connectivity index (χ1n) is 7.04. The van der Waals surface area contributed by atoms with Crippen molar-refractivity contribution in [2.24, 2.45) is 5.92 Å². The van der Waals surface area contributed by atoms with Gasteiger partial charge in [-0.2, -0.15) is 4.98 Å². The maximum Gasteiger partial charge on any atom is 0.215 e. The maximum atomic E-state index is 5.40. The highest BCUT2D eigenvalue weighted by Crippen LogP contribution is 2.19. The summed E-state index contributed by atoms with van der Waals surface area (Å²) in [5.74, 6) is 2.42. The minimum Gasteiger partial charge on any atom is -0.478 e. The quantitative estimate of drug-likeness (QED) is 0.881. The summed E-state index contributed by atoms with van der Waals surface area (Å²) in [6.07, 6.45) is 3.48. The number of hydrogen-bond donors (Lipinski definition) is 2. The highest BCUT2D eigenvalue weighted by Gasteiger charge is 2.15. The van der Waals surface area contributed by atoms with Crippen molar-refractivity contribution < 1.29 is 4.74 Å². The Morgan fingerprint density at radius 3 is 2.89 bits per heavy atom. The molecule has 0 saturated carbocycles. The van der Waals surface area contributed by atoms with Crippen molar-refractivity contribution in [1.29, 1.82) is 0 Å². The van der Waals surface area contributed by atoms with Gasteiger partial charge < -0.3 is 15.0 Å². The van der Waals surface area contributed by atoms with Gasteiger partial charge in [-0.1, -0.05) is 0 Å². The molecular weight excluding hydrogens is 240 g/mol. The highest BCUT2D eigenvalue weighted by molar-refractivity contribution is 5.71. The summed E-state index contributed by atoms with van der Waals surface area (Å²) in [6.45, 7) is 4.83. The maximum absolute atomic E-state index is 5.40. The van der Waals surface area contributed by atoms with Gasteiger partial charge in [0.05, 0.1) is 12.1 Å². The van der Waals surface area contributed by atoms with Crippen LogP contribution in [0.5, 0.6) is 5.88 Å². The number of fused-ring (bicyclic) bond motifs is 1. The molecule has 0 aromatic carbocycles. The average molecular weight is 260 g/mol. The first-order valence-corrected chi connectivity index (χ1v) is 7.04. The molecule has 3 heterocycles. The molecule has 1 fully saturated rings. The van der Waals surface area contributed by atoms with Crippen LogP contribution in [0.1, 0.15) is 25.6 Å². The molecule has 1 aliphatic heterocycles. The molecule has 0 atom stereocenters. The third-order valence-corrected chi connectivity index (χ3v) is 3.60. The summed E-state index contributed by atoms with van der Waals surface area (Å²) in [7, 11) is 0. The van der Waals surface area contributed by atoms with E-state index in [9.17, 15) is 0 Å². The Hall–Kier alpha value is -1.62. The van der Waals surface area contributed by atoms with E-state index in [0.29, 0.717) is 12.5 Å². The Labute approximate surface area is 112 Å². The molecule has 0 spiro atoms. The van der Waals surface area contributed by atoms with Gasteiger partial charge in [0, 0.05) is 12.5 Å². The minimum absolute atomic E-state index is 0.630. The second-order valence-electron chi connectivity index (χ2n) is 5.03. The number of aromatic nitrogens is 3. The molecule has 0 unspecified atom stereocenters. The zero-order chi connectivity index (χ0) is 13.1. The fourth-order valence-corrected chi connectivity index (χ4v) is 2.61. The van der Waals surface area contributed by atoms with Gasteiger partial charge in [-0.3, -0.25) is 0 Å². The number of H-pyrrole nitrogens is 1. The van der Waals surface area contributed by atoms with Gasteiger partial charge in [0.15, 0.2) is 5.65 Å².